The van der Waals surface area contributed by atoms with Crippen LogP contribution in [0.15, 0.2) is 24.3 Å². The number of hydrogen-bond donors (Lipinski definition) is 1. The molecule has 1 atom stereocenters. The predicted octanol–water partition coefficient (Wildman–Crippen LogP) is 2.75. The highest BCUT2D eigenvalue weighted by atomic mass is 16.5. The molecule has 0 aliphatic carbocycles. The van der Waals surface area contributed by atoms with Crippen LogP contribution in [0.5, 0.6) is 5.75 Å². The van der Waals surface area contributed by atoms with E-state index in [1.54, 1.807) is 0 Å². The smallest absolute Gasteiger partial charge is 0.310 e. The summed E-state index contributed by atoms with van der Waals surface area (Å²) in [5, 5.41) is 2.88. The van der Waals surface area contributed by atoms with Gasteiger partial charge in [-0.25, -0.2) is 0 Å². The number of rotatable bonds is 8. The quantitative estimate of drug-likeness (QED) is 0.546. The lowest BCUT2D eigenvalue weighted by molar-refractivity contribution is -0.150. The molecular formula is C22H34N2O4. The zero-order chi connectivity index (χ0) is 20.6. The molecule has 1 aliphatic heterocycles. The van der Waals surface area contributed by atoms with Gasteiger partial charge in [0.25, 0.3) is 0 Å². The molecule has 156 valence electrons. The molecule has 0 saturated carbocycles. The van der Waals surface area contributed by atoms with Crippen molar-refractivity contribution < 1.29 is 19.1 Å². The van der Waals surface area contributed by atoms with Gasteiger partial charge < -0.3 is 14.8 Å². The maximum atomic E-state index is 12.2. The number of piperidine rings is 1. The lowest BCUT2D eigenvalue weighted by Gasteiger charge is -2.30. The summed E-state index contributed by atoms with van der Waals surface area (Å²) in [6.45, 7) is 11.3. The number of nitrogens with zero attached hydrogens (tertiary/aromatic N) is 1. The summed E-state index contributed by atoms with van der Waals surface area (Å²) in [6, 6.07) is 8.08. The zero-order valence-electron chi connectivity index (χ0n) is 17.6. The minimum Gasteiger partial charge on any atom is -0.492 e. The van der Waals surface area contributed by atoms with E-state index in [2.05, 4.69) is 38.2 Å². The summed E-state index contributed by atoms with van der Waals surface area (Å²) in [7, 11) is 0. The molecule has 1 saturated heterocycles. The van der Waals surface area contributed by atoms with Crippen LogP contribution in [0.25, 0.3) is 0 Å². The molecule has 1 aromatic rings. The van der Waals surface area contributed by atoms with Gasteiger partial charge in [-0.3, -0.25) is 14.5 Å². The van der Waals surface area contributed by atoms with Gasteiger partial charge >= 0.3 is 5.97 Å². The summed E-state index contributed by atoms with van der Waals surface area (Å²) in [5.74, 6) is 0.478. The summed E-state index contributed by atoms with van der Waals surface area (Å²) in [5.41, 5.74) is 1.38. The molecule has 0 unspecified atom stereocenters. The summed E-state index contributed by atoms with van der Waals surface area (Å²) >= 11 is 0. The number of hydrogen-bond acceptors (Lipinski definition) is 5. The van der Waals surface area contributed by atoms with E-state index < -0.39 is 0 Å². The van der Waals surface area contributed by atoms with Crippen molar-refractivity contribution in [1.82, 2.24) is 10.2 Å². The number of likely N-dealkylation sites (tertiary alicyclic amines) is 1. The molecule has 1 aromatic carbocycles. The number of amides is 1. The van der Waals surface area contributed by atoms with Crippen molar-refractivity contribution in [3.8, 4) is 5.75 Å². The Bertz CT molecular complexity index is 637. The first-order valence-electron chi connectivity index (χ1n) is 10.2. The topological polar surface area (TPSA) is 67.9 Å². The van der Waals surface area contributed by atoms with Crippen LogP contribution in [0.4, 0.5) is 0 Å². The van der Waals surface area contributed by atoms with E-state index in [-0.39, 0.29) is 23.2 Å². The fourth-order valence-corrected chi connectivity index (χ4v) is 3.32. The maximum Gasteiger partial charge on any atom is 0.310 e. The largest absolute Gasteiger partial charge is 0.492 e. The second kappa shape index (κ2) is 10.5. The molecule has 6 heteroatoms. The number of nitrogens with one attached hydrogen (secondary N) is 1. The molecular weight excluding hydrogens is 356 g/mol. The standard InChI is InChI=1S/C22H34N2O4/c1-5-27-21(26)17-7-6-13-24(15-17)16-20(25)23-12-14-28-19-10-8-18(9-11-19)22(2,3)4/h8-11,17H,5-7,12-16H2,1-4H3,(H,23,25)/t17-/m1/s1. The van der Waals surface area contributed by atoms with Gasteiger partial charge in [-0.2, -0.15) is 0 Å². The van der Waals surface area contributed by atoms with E-state index >= 15 is 0 Å². The molecule has 1 aliphatic rings. The normalized spacial score (nSPS) is 17.8. The van der Waals surface area contributed by atoms with Crippen molar-refractivity contribution in [3.05, 3.63) is 29.8 Å². The van der Waals surface area contributed by atoms with Crippen LogP contribution in [0.1, 0.15) is 46.1 Å². The van der Waals surface area contributed by atoms with Gasteiger partial charge in [0.15, 0.2) is 0 Å². The van der Waals surface area contributed by atoms with E-state index in [0.29, 0.717) is 32.8 Å². The molecule has 1 N–H and O–H groups in total. The van der Waals surface area contributed by atoms with Crippen LogP contribution in [0.2, 0.25) is 0 Å². The molecule has 0 radical (unpaired) electrons. The van der Waals surface area contributed by atoms with Crippen LogP contribution < -0.4 is 10.1 Å². The zero-order valence-corrected chi connectivity index (χ0v) is 17.6. The lowest BCUT2D eigenvalue weighted by atomic mass is 9.87. The number of carbonyl (C=O) groups is 2. The molecule has 0 aromatic heterocycles. The number of carbonyl (C=O) groups excluding carboxylic acids is 2. The molecule has 6 nitrogen and oxygen atoms in total. The minimum atomic E-state index is -0.154. The highest BCUT2D eigenvalue weighted by Crippen LogP contribution is 2.24. The van der Waals surface area contributed by atoms with Crippen LogP contribution in [-0.4, -0.2) is 56.2 Å². The molecule has 1 fully saturated rings. The number of benzene rings is 1. The van der Waals surface area contributed by atoms with Gasteiger partial charge in [-0.05, 0) is 49.4 Å². The minimum absolute atomic E-state index is 0.0452. The molecule has 28 heavy (non-hydrogen) atoms. The summed E-state index contributed by atoms with van der Waals surface area (Å²) in [4.78, 5) is 26.1. The third-order valence-electron chi connectivity index (χ3n) is 4.91. The molecule has 0 spiro atoms. The van der Waals surface area contributed by atoms with Crippen molar-refractivity contribution in [3.63, 3.8) is 0 Å². The van der Waals surface area contributed by atoms with Crippen LogP contribution in [0, 0.1) is 5.92 Å². The molecule has 1 heterocycles. The number of esters is 1. The fourth-order valence-electron chi connectivity index (χ4n) is 3.32. The monoisotopic (exact) mass is 390 g/mol. The Balaban J connectivity index is 1.66. The van der Waals surface area contributed by atoms with Crippen molar-refractivity contribution in [1.29, 1.82) is 0 Å². The summed E-state index contributed by atoms with van der Waals surface area (Å²) in [6.07, 6.45) is 1.74. The Labute approximate surface area is 168 Å². The van der Waals surface area contributed by atoms with Gasteiger partial charge in [0.1, 0.15) is 12.4 Å². The first kappa shape index (κ1) is 22.2. The van der Waals surface area contributed by atoms with Crippen molar-refractivity contribution in [2.45, 2.75) is 46.0 Å². The van der Waals surface area contributed by atoms with E-state index in [0.717, 1.165) is 25.1 Å². The van der Waals surface area contributed by atoms with E-state index in [1.165, 1.54) is 5.56 Å². The molecule has 1 amide bonds. The van der Waals surface area contributed by atoms with E-state index in [9.17, 15) is 9.59 Å². The third kappa shape index (κ3) is 7.15. The Hall–Kier alpha value is -2.08. The van der Waals surface area contributed by atoms with Gasteiger partial charge in [0, 0.05) is 6.54 Å². The maximum absolute atomic E-state index is 12.2. The lowest BCUT2D eigenvalue weighted by Crippen LogP contribution is -2.45. The average Bonchev–Trinajstić information content (AvgIpc) is 2.65. The Morgan fingerprint density at radius 1 is 1.21 bits per heavy atom. The first-order valence-corrected chi connectivity index (χ1v) is 10.2. The average molecular weight is 391 g/mol. The third-order valence-corrected chi connectivity index (χ3v) is 4.91. The van der Waals surface area contributed by atoms with Gasteiger partial charge in [-0.1, -0.05) is 32.9 Å². The Morgan fingerprint density at radius 3 is 2.57 bits per heavy atom. The fraction of sp³-hybridized carbons (Fsp3) is 0.636. The second-order valence-corrected chi connectivity index (χ2v) is 8.30. The summed E-state index contributed by atoms with van der Waals surface area (Å²) < 4.78 is 10.8. The van der Waals surface area contributed by atoms with Crippen molar-refractivity contribution >= 4 is 11.9 Å². The highest BCUT2D eigenvalue weighted by Gasteiger charge is 2.27. The van der Waals surface area contributed by atoms with Crippen LogP contribution in [-0.2, 0) is 19.7 Å². The SMILES string of the molecule is CCOC(=O)[C@@H]1CCCN(CC(=O)NCCOc2ccc(C(C)(C)C)cc2)C1. The van der Waals surface area contributed by atoms with E-state index in [4.69, 9.17) is 9.47 Å². The predicted molar refractivity (Wildman–Crippen MR) is 109 cm³/mol. The first-order chi connectivity index (χ1) is 13.3. The number of ether oxygens (including phenoxy) is 2. The molecule has 0 bridgehead atoms. The van der Waals surface area contributed by atoms with Crippen LogP contribution in [0.3, 0.4) is 0 Å². The Kier molecular flexibility index (Phi) is 8.30. The van der Waals surface area contributed by atoms with Crippen molar-refractivity contribution in [2.75, 3.05) is 39.4 Å². The van der Waals surface area contributed by atoms with Gasteiger partial charge in [0.05, 0.1) is 25.6 Å². The van der Waals surface area contributed by atoms with Gasteiger partial charge in [-0.15, -0.1) is 0 Å². The van der Waals surface area contributed by atoms with Gasteiger partial charge in [0.2, 0.25) is 5.91 Å². The highest BCUT2D eigenvalue weighted by molar-refractivity contribution is 5.78. The van der Waals surface area contributed by atoms with E-state index in [1.807, 2.05) is 24.0 Å². The van der Waals surface area contributed by atoms with Crippen molar-refractivity contribution in [2.24, 2.45) is 5.92 Å². The molecule has 2 rings (SSSR count). The Morgan fingerprint density at radius 2 is 1.93 bits per heavy atom. The second-order valence-electron chi connectivity index (χ2n) is 8.30. The van der Waals surface area contributed by atoms with Crippen LogP contribution >= 0.6 is 0 Å².